The molecule has 0 saturated carbocycles. The molecule has 0 aromatic heterocycles. The second-order valence-corrected chi connectivity index (χ2v) is 6.13. The van der Waals surface area contributed by atoms with Crippen molar-refractivity contribution in [3.63, 3.8) is 0 Å². The van der Waals surface area contributed by atoms with Gasteiger partial charge in [-0.05, 0) is 55.7 Å². The van der Waals surface area contributed by atoms with Gasteiger partial charge in [0, 0.05) is 0 Å². The lowest BCUT2D eigenvalue weighted by Crippen LogP contribution is -2.47. The minimum atomic E-state index is -0.715. The van der Waals surface area contributed by atoms with Crippen molar-refractivity contribution >= 4 is 13.0 Å². The molecule has 1 atom stereocenters. The number of carbonyl (C=O) groups is 1. The number of rotatable bonds is 2. The summed E-state index contributed by atoms with van der Waals surface area (Å²) in [6.45, 7) is 3.46. The second kappa shape index (κ2) is 4.90. The van der Waals surface area contributed by atoms with Gasteiger partial charge in [-0.3, -0.25) is 4.79 Å². The molecule has 4 nitrogen and oxygen atoms in total. The van der Waals surface area contributed by atoms with Crippen molar-refractivity contribution in [2.45, 2.75) is 37.4 Å². The molecule has 20 heavy (non-hydrogen) atoms. The maximum absolute atomic E-state index is 11.5. The van der Waals surface area contributed by atoms with E-state index in [4.69, 9.17) is 0 Å². The van der Waals surface area contributed by atoms with Gasteiger partial charge in [0.05, 0.1) is 5.92 Å². The van der Waals surface area contributed by atoms with E-state index in [1.807, 2.05) is 18.2 Å². The first-order valence-electron chi connectivity index (χ1n) is 7.28. The van der Waals surface area contributed by atoms with Gasteiger partial charge in [0.15, 0.2) is 0 Å². The Kier molecular flexibility index (Phi) is 3.34. The number of nitrogens with zero attached hydrogens (tertiary/aromatic N) is 1. The van der Waals surface area contributed by atoms with Crippen molar-refractivity contribution in [3.05, 3.63) is 35.4 Å². The van der Waals surface area contributed by atoms with Crippen LogP contribution in [0.2, 0.25) is 6.82 Å². The van der Waals surface area contributed by atoms with Gasteiger partial charge in [0.25, 0.3) is 0 Å². The first-order valence-corrected chi connectivity index (χ1v) is 7.28. The third-order valence-corrected chi connectivity index (χ3v) is 5.08. The van der Waals surface area contributed by atoms with Crippen LogP contribution in [0.4, 0.5) is 0 Å². The largest absolute Gasteiger partial charge is 0.481 e. The summed E-state index contributed by atoms with van der Waals surface area (Å²) in [5.41, 5.74) is 2.20. The summed E-state index contributed by atoms with van der Waals surface area (Å²) in [5.74, 6) is -1.09. The summed E-state index contributed by atoms with van der Waals surface area (Å²) >= 11 is 0. The number of aliphatic carboxylic acids is 1. The zero-order valence-corrected chi connectivity index (χ0v) is 11.7. The number of carboxylic acids is 1. The minimum Gasteiger partial charge on any atom is -0.481 e. The van der Waals surface area contributed by atoms with E-state index in [2.05, 4.69) is 10.9 Å². The van der Waals surface area contributed by atoms with Gasteiger partial charge in [0.1, 0.15) is 0 Å². The maximum Gasteiger partial charge on any atom is 0.376 e. The maximum atomic E-state index is 11.5. The van der Waals surface area contributed by atoms with Crippen LogP contribution in [0.15, 0.2) is 24.3 Å². The summed E-state index contributed by atoms with van der Waals surface area (Å²) in [5, 5.41) is 19.1. The molecule has 1 fully saturated rings. The lowest BCUT2D eigenvalue weighted by atomic mass is 9.70. The lowest BCUT2D eigenvalue weighted by Gasteiger charge is -2.40. The molecule has 106 valence electrons. The predicted octanol–water partition coefficient (Wildman–Crippen LogP) is 1.70. The normalized spacial score (nSPS) is 24.6. The van der Waals surface area contributed by atoms with Gasteiger partial charge in [-0.2, -0.15) is 0 Å². The molecule has 5 heteroatoms. The fraction of sp³-hybridized carbons (Fsp3) is 0.533. The van der Waals surface area contributed by atoms with Gasteiger partial charge < -0.3 is 14.9 Å². The molecular formula is C15H20BNO3. The predicted molar refractivity (Wildman–Crippen MR) is 77.8 cm³/mol. The zero-order chi connectivity index (χ0) is 14.3. The van der Waals surface area contributed by atoms with Crippen molar-refractivity contribution in [1.82, 2.24) is 4.81 Å². The third-order valence-electron chi connectivity index (χ3n) is 5.08. The fourth-order valence-corrected chi connectivity index (χ4v) is 3.91. The molecule has 1 saturated heterocycles. The molecule has 1 heterocycles. The van der Waals surface area contributed by atoms with E-state index < -0.39 is 13.0 Å². The summed E-state index contributed by atoms with van der Waals surface area (Å²) in [4.78, 5) is 13.6. The average Bonchev–Trinajstić information content (AvgIpc) is 2.75. The summed E-state index contributed by atoms with van der Waals surface area (Å²) in [6, 6.07) is 7.99. The minimum absolute atomic E-state index is 0.00889. The fourth-order valence-electron chi connectivity index (χ4n) is 3.91. The van der Waals surface area contributed by atoms with Crippen LogP contribution < -0.4 is 0 Å². The first kappa shape index (κ1) is 13.6. The summed E-state index contributed by atoms with van der Waals surface area (Å²) in [6.07, 6.45) is 2.56. The molecule has 1 aliphatic heterocycles. The molecule has 0 amide bonds. The van der Waals surface area contributed by atoms with E-state index in [0.717, 1.165) is 31.5 Å². The molecule has 3 rings (SSSR count). The Morgan fingerprint density at radius 2 is 2.00 bits per heavy atom. The van der Waals surface area contributed by atoms with Gasteiger partial charge in [-0.15, -0.1) is 0 Å². The quantitative estimate of drug-likeness (QED) is 0.805. The molecule has 1 aromatic rings. The molecule has 1 aliphatic carbocycles. The SMILES string of the molecule is CB(O)N1CCC2(CC1)C[C@H](C(=O)O)c1ccccc12. The van der Waals surface area contributed by atoms with E-state index in [0.29, 0.717) is 6.42 Å². The number of carboxylic acid groups (broad SMARTS) is 1. The van der Waals surface area contributed by atoms with Crippen LogP contribution in [0.25, 0.3) is 0 Å². The van der Waals surface area contributed by atoms with Crippen LogP contribution in [-0.2, 0) is 10.2 Å². The Morgan fingerprint density at radius 3 is 2.60 bits per heavy atom. The van der Waals surface area contributed by atoms with E-state index in [1.54, 1.807) is 6.82 Å². The Morgan fingerprint density at radius 1 is 1.35 bits per heavy atom. The van der Waals surface area contributed by atoms with Gasteiger partial charge >= 0.3 is 13.0 Å². The highest BCUT2D eigenvalue weighted by Crippen LogP contribution is 2.51. The molecule has 0 radical (unpaired) electrons. The van der Waals surface area contributed by atoms with E-state index >= 15 is 0 Å². The van der Waals surface area contributed by atoms with Crippen LogP contribution in [0, 0.1) is 0 Å². The van der Waals surface area contributed by atoms with Crippen molar-refractivity contribution in [3.8, 4) is 0 Å². The molecule has 0 unspecified atom stereocenters. The van der Waals surface area contributed by atoms with Crippen molar-refractivity contribution in [1.29, 1.82) is 0 Å². The average molecular weight is 273 g/mol. The number of piperidine rings is 1. The van der Waals surface area contributed by atoms with Crippen LogP contribution >= 0.6 is 0 Å². The molecule has 0 bridgehead atoms. The van der Waals surface area contributed by atoms with Gasteiger partial charge in [-0.1, -0.05) is 24.3 Å². The molecule has 1 spiro atoms. The van der Waals surface area contributed by atoms with Crippen LogP contribution in [-0.4, -0.2) is 41.1 Å². The molecule has 2 aliphatic rings. The topological polar surface area (TPSA) is 60.8 Å². The van der Waals surface area contributed by atoms with Crippen molar-refractivity contribution < 1.29 is 14.9 Å². The number of hydrogen-bond donors (Lipinski definition) is 2. The summed E-state index contributed by atoms with van der Waals surface area (Å²) in [7, 11) is -0.417. The second-order valence-electron chi connectivity index (χ2n) is 6.13. The number of benzene rings is 1. The standard InChI is InChI=1S/C15H20BNO3/c1-16(20)17-8-6-15(7-9-17)10-12(14(18)19)11-4-2-3-5-13(11)15/h2-5,12,20H,6-10H2,1H3,(H,18,19)/t12-/m0/s1. The Labute approximate surface area is 119 Å². The van der Waals surface area contributed by atoms with Crippen molar-refractivity contribution in [2.75, 3.05) is 13.1 Å². The van der Waals surface area contributed by atoms with Crippen LogP contribution in [0.5, 0.6) is 0 Å². The highest BCUT2D eigenvalue weighted by atomic mass is 16.4. The van der Waals surface area contributed by atoms with E-state index in [-0.39, 0.29) is 11.3 Å². The third kappa shape index (κ3) is 2.05. The summed E-state index contributed by atoms with van der Waals surface area (Å²) < 4.78 is 0. The Hall–Kier alpha value is -1.33. The van der Waals surface area contributed by atoms with Gasteiger partial charge in [-0.25, -0.2) is 0 Å². The van der Waals surface area contributed by atoms with E-state index in [1.165, 1.54) is 5.56 Å². The van der Waals surface area contributed by atoms with Gasteiger partial charge in [0.2, 0.25) is 0 Å². The molecule has 2 N–H and O–H groups in total. The Balaban J connectivity index is 1.91. The highest BCUT2D eigenvalue weighted by molar-refractivity contribution is 6.45. The number of fused-ring (bicyclic) bond motifs is 2. The Bertz CT molecular complexity index is 524. The molecule has 1 aromatic carbocycles. The van der Waals surface area contributed by atoms with E-state index in [9.17, 15) is 14.9 Å². The van der Waals surface area contributed by atoms with Crippen molar-refractivity contribution in [2.24, 2.45) is 0 Å². The first-order chi connectivity index (χ1) is 9.53. The number of hydrogen-bond acceptors (Lipinski definition) is 3. The monoisotopic (exact) mass is 273 g/mol. The zero-order valence-electron chi connectivity index (χ0n) is 11.7. The lowest BCUT2D eigenvalue weighted by molar-refractivity contribution is -0.139. The van der Waals surface area contributed by atoms with Crippen LogP contribution in [0.3, 0.4) is 0 Å². The highest BCUT2D eigenvalue weighted by Gasteiger charge is 2.47. The molecular weight excluding hydrogens is 253 g/mol. The smallest absolute Gasteiger partial charge is 0.376 e. The van der Waals surface area contributed by atoms with Crippen LogP contribution in [0.1, 0.15) is 36.3 Å².